The summed E-state index contributed by atoms with van der Waals surface area (Å²) in [5.41, 5.74) is 0.653. The number of rotatable bonds is 4. The molecule has 0 radical (unpaired) electrons. The van der Waals surface area contributed by atoms with E-state index in [9.17, 15) is 9.18 Å². The van der Waals surface area contributed by atoms with Crippen LogP contribution in [0.15, 0.2) is 24.3 Å². The van der Waals surface area contributed by atoms with Crippen LogP contribution in [0.2, 0.25) is 0 Å². The number of carbonyl (C=O) groups is 1. The molecular formula is C18H25FN2O. The predicted molar refractivity (Wildman–Crippen MR) is 86.4 cm³/mol. The van der Waals surface area contributed by atoms with Gasteiger partial charge in [0.05, 0.1) is 5.69 Å². The number of carbonyl (C=O) groups excluding carboxylic acids is 1. The lowest BCUT2D eigenvalue weighted by molar-refractivity contribution is -0.131. The second-order valence-electron chi connectivity index (χ2n) is 6.51. The first-order valence-corrected chi connectivity index (χ1v) is 8.51. The van der Waals surface area contributed by atoms with Crippen LogP contribution >= 0.6 is 0 Å². The molecule has 1 aliphatic heterocycles. The molecule has 2 aliphatic rings. The molecule has 120 valence electrons. The number of anilines is 1. The standard InChI is InChI=1S/C18H25FN2O/c19-16-7-3-4-8-17(16)20-11-13-21(14-12-20)18(22)10-9-15-5-1-2-6-15/h3-4,7-8,15H,1-2,5-6,9-14H2. The van der Waals surface area contributed by atoms with E-state index in [1.165, 1.54) is 31.7 Å². The Morgan fingerprint density at radius 3 is 2.45 bits per heavy atom. The van der Waals surface area contributed by atoms with Gasteiger partial charge in [-0.15, -0.1) is 0 Å². The van der Waals surface area contributed by atoms with Crippen molar-refractivity contribution in [2.24, 2.45) is 5.92 Å². The van der Waals surface area contributed by atoms with Crippen LogP contribution in [0.5, 0.6) is 0 Å². The number of nitrogens with zero attached hydrogens (tertiary/aromatic N) is 2. The van der Waals surface area contributed by atoms with E-state index in [4.69, 9.17) is 0 Å². The Morgan fingerprint density at radius 1 is 1.09 bits per heavy atom. The van der Waals surface area contributed by atoms with Gasteiger partial charge in [0.1, 0.15) is 5.82 Å². The van der Waals surface area contributed by atoms with Crippen LogP contribution < -0.4 is 4.90 Å². The summed E-state index contributed by atoms with van der Waals surface area (Å²) in [6.45, 7) is 2.85. The Kier molecular flexibility index (Phi) is 4.96. The quantitative estimate of drug-likeness (QED) is 0.850. The zero-order chi connectivity index (χ0) is 15.4. The number of para-hydroxylation sites is 1. The molecule has 3 nitrogen and oxygen atoms in total. The van der Waals surface area contributed by atoms with Crippen LogP contribution in [-0.4, -0.2) is 37.0 Å². The summed E-state index contributed by atoms with van der Waals surface area (Å²) in [5, 5.41) is 0. The van der Waals surface area contributed by atoms with Gasteiger partial charge < -0.3 is 9.80 Å². The topological polar surface area (TPSA) is 23.6 Å². The average Bonchev–Trinajstić information content (AvgIpc) is 3.07. The van der Waals surface area contributed by atoms with Crippen molar-refractivity contribution in [2.75, 3.05) is 31.1 Å². The van der Waals surface area contributed by atoms with Gasteiger partial charge in [-0.3, -0.25) is 4.79 Å². The molecule has 1 aliphatic carbocycles. The summed E-state index contributed by atoms with van der Waals surface area (Å²) >= 11 is 0. The summed E-state index contributed by atoms with van der Waals surface area (Å²) in [4.78, 5) is 16.3. The van der Waals surface area contributed by atoms with Crippen LogP contribution in [0.3, 0.4) is 0 Å². The Balaban J connectivity index is 1.46. The van der Waals surface area contributed by atoms with Gasteiger partial charge in [0.15, 0.2) is 0 Å². The number of piperazine rings is 1. The second-order valence-corrected chi connectivity index (χ2v) is 6.51. The van der Waals surface area contributed by atoms with Crippen molar-refractivity contribution in [1.82, 2.24) is 4.90 Å². The summed E-state index contributed by atoms with van der Waals surface area (Å²) < 4.78 is 13.8. The molecular weight excluding hydrogens is 279 g/mol. The molecule has 0 aromatic heterocycles. The van der Waals surface area contributed by atoms with Gasteiger partial charge >= 0.3 is 0 Å². The van der Waals surface area contributed by atoms with Gasteiger partial charge in [-0.25, -0.2) is 4.39 Å². The third kappa shape index (κ3) is 3.60. The fourth-order valence-electron chi connectivity index (χ4n) is 3.69. The van der Waals surface area contributed by atoms with E-state index in [2.05, 4.69) is 0 Å². The highest BCUT2D eigenvalue weighted by Crippen LogP contribution is 2.29. The molecule has 1 heterocycles. The molecule has 0 N–H and O–H groups in total. The number of benzene rings is 1. The van der Waals surface area contributed by atoms with Crippen molar-refractivity contribution in [3.8, 4) is 0 Å². The molecule has 1 amide bonds. The van der Waals surface area contributed by atoms with Crippen LogP contribution in [0.4, 0.5) is 10.1 Å². The minimum Gasteiger partial charge on any atom is -0.366 e. The highest BCUT2D eigenvalue weighted by atomic mass is 19.1. The SMILES string of the molecule is O=C(CCC1CCCC1)N1CCN(c2ccccc2F)CC1. The van der Waals surface area contributed by atoms with Gasteiger partial charge in [0, 0.05) is 32.6 Å². The molecule has 0 atom stereocenters. The molecule has 1 saturated heterocycles. The fourth-order valence-corrected chi connectivity index (χ4v) is 3.69. The van der Waals surface area contributed by atoms with Gasteiger partial charge in [-0.2, -0.15) is 0 Å². The van der Waals surface area contributed by atoms with E-state index in [-0.39, 0.29) is 11.7 Å². The first-order valence-electron chi connectivity index (χ1n) is 8.51. The molecule has 1 saturated carbocycles. The largest absolute Gasteiger partial charge is 0.366 e. The Bertz CT molecular complexity index is 506. The predicted octanol–water partition coefficient (Wildman–Crippen LogP) is 3.44. The molecule has 1 aromatic carbocycles. The second kappa shape index (κ2) is 7.12. The smallest absolute Gasteiger partial charge is 0.222 e. The van der Waals surface area contributed by atoms with Crippen molar-refractivity contribution in [3.63, 3.8) is 0 Å². The molecule has 3 rings (SSSR count). The summed E-state index contributed by atoms with van der Waals surface area (Å²) in [7, 11) is 0. The zero-order valence-electron chi connectivity index (χ0n) is 13.1. The lowest BCUT2D eigenvalue weighted by Gasteiger charge is -2.36. The maximum atomic E-state index is 13.8. The van der Waals surface area contributed by atoms with Crippen LogP contribution in [-0.2, 0) is 4.79 Å². The van der Waals surface area contributed by atoms with Crippen LogP contribution in [0.1, 0.15) is 38.5 Å². The van der Waals surface area contributed by atoms with Crippen molar-refractivity contribution in [1.29, 1.82) is 0 Å². The minimum atomic E-state index is -0.177. The van der Waals surface area contributed by atoms with Crippen molar-refractivity contribution < 1.29 is 9.18 Å². The van der Waals surface area contributed by atoms with Gasteiger partial charge in [-0.1, -0.05) is 37.8 Å². The van der Waals surface area contributed by atoms with Crippen molar-refractivity contribution >= 4 is 11.6 Å². The average molecular weight is 304 g/mol. The normalized spacial score (nSPS) is 19.7. The highest BCUT2D eigenvalue weighted by molar-refractivity contribution is 5.76. The number of amides is 1. The number of hydrogen-bond donors (Lipinski definition) is 0. The Labute approximate surface area is 132 Å². The number of hydrogen-bond acceptors (Lipinski definition) is 2. The molecule has 0 bridgehead atoms. The fraction of sp³-hybridized carbons (Fsp3) is 0.611. The van der Waals surface area contributed by atoms with E-state index >= 15 is 0 Å². The van der Waals surface area contributed by atoms with Crippen LogP contribution in [0, 0.1) is 11.7 Å². The summed E-state index contributed by atoms with van der Waals surface area (Å²) in [5.74, 6) is 0.868. The van der Waals surface area contributed by atoms with E-state index in [1.807, 2.05) is 21.9 Å². The van der Waals surface area contributed by atoms with E-state index < -0.39 is 0 Å². The molecule has 0 spiro atoms. The van der Waals surface area contributed by atoms with E-state index in [0.717, 1.165) is 25.4 Å². The Morgan fingerprint density at radius 2 is 1.77 bits per heavy atom. The Hall–Kier alpha value is -1.58. The van der Waals surface area contributed by atoms with Crippen molar-refractivity contribution in [3.05, 3.63) is 30.1 Å². The van der Waals surface area contributed by atoms with E-state index in [1.54, 1.807) is 6.07 Å². The zero-order valence-corrected chi connectivity index (χ0v) is 13.1. The van der Waals surface area contributed by atoms with Gasteiger partial charge in [0.2, 0.25) is 5.91 Å². The molecule has 4 heteroatoms. The maximum Gasteiger partial charge on any atom is 0.222 e. The molecule has 1 aromatic rings. The minimum absolute atomic E-state index is 0.177. The number of halogens is 1. The van der Waals surface area contributed by atoms with Crippen molar-refractivity contribution in [2.45, 2.75) is 38.5 Å². The maximum absolute atomic E-state index is 13.8. The molecule has 22 heavy (non-hydrogen) atoms. The molecule has 2 fully saturated rings. The summed E-state index contributed by atoms with van der Waals surface area (Å²) in [6.07, 6.45) is 7.00. The molecule has 0 unspecified atom stereocenters. The third-order valence-corrected chi connectivity index (χ3v) is 5.07. The van der Waals surface area contributed by atoms with Gasteiger partial charge in [-0.05, 0) is 24.5 Å². The first kappa shape index (κ1) is 15.3. The summed E-state index contributed by atoms with van der Waals surface area (Å²) in [6, 6.07) is 6.88. The van der Waals surface area contributed by atoms with Crippen LogP contribution in [0.25, 0.3) is 0 Å². The van der Waals surface area contributed by atoms with E-state index in [0.29, 0.717) is 25.2 Å². The third-order valence-electron chi connectivity index (χ3n) is 5.07. The highest BCUT2D eigenvalue weighted by Gasteiger charge is 2.23. The monoisotopic (exact) mass is 304 g/mol. The first-order chi connectivity index (χ1) is 10.7. The van der Waals surface area contributed by atoms with Gasteiger partial charge in [0.25, 0.3) is 0 Å². The lowest BCUT2D eigenvalue weighted by Crippen LogP contribution is -2.49. The lowest BCUT2D eigenvalue weighted by atomic mass is 10.0.